The van der Waals surface area contributed by atoms with Gasteiger partial charge in [0.15, 0.2) is 5.76 Å². The molecule has 0 aliphatic rings. The van der Waals surface area contributed by atoms with Gasteiger partial charge >= 0.3 is 0 Å². The summed E-state index contributed by atoms with van der Waals surface area (Å²) in [6.07, 6.45) is -0.730. The Bertz CT molecular complexity index is 660. The molecule has 21 heavy (non-hydrogen) atoms. The van der Waals surface area contributed by atoms with Crippen LogP contribution in [0.4, 0.5) is 0 Å². The molecule has 0 bridgehead atoms. The second-order valence-electron chi connectivity index (χ2n) is 5.28. The Hall–Kier alpha value is -1.85. The molecule has 5 heteroatoms. The van der Waals surface area contributed by atoms with E-state index in [-0.39, 0.29) is 19.1 Å². The maximum Gasteiger partial charge on any atom is 0.287 e. The summed E-state index contributed by atoms with van der Waals surface area (Å²) in [4.78, 5) is 12.2. The van der Waals surface area contributed by atoms with Gasteiger partial charge in [0.05, 0.1) is 12.7 Å². The summed E-state index contributed by atoms with van der Waals surface area (Å²) < 4.78 is 10.6. The lowest BCUT2D eigenvalue weighted by Gasteiger charge is -2.09. The number of benzene rings is 1. The summed E-state index contributed by atoms with van der Waals surface area (Å²) in [6, 6.07) is 3.99. The van der Waals surface area contributed by atoms with Crippen molar-refractivity contribution in [1.82, 2.24) is 5.32 Å². The predicted octanol–water partition coefficient (Wildman–Crippen LogP) is 2.10. The van der Waals surface area contributed by atoms with Crippen LogP contribution >= 0.6 is 0 Å². The molecule has 2 N–H and O–H groups in total. The molecule has 1 amide bonds. The van der Waals surface area contributed by atoms with Gasteiger partial charge in [0.1, 0.15) is 5.58 Å². The highest BCUT2D eigenvalue weighted by molar-refractivity contribution is 6.00. The third-order valence-electron chi connectivity index (χ3n) is 3.55. The molecule has 0 fully saturated rings. The van der Waals surface area contributed by atoms with Gasteiger partial charge in [-0.05, 0) is 31.9 Å². The highest BCUT2D eigenvalue weighted by atomic mass is 16.5. The number of hydrogen-bond acceptors (Lipinski definition) is 4. The van der Waals surface area contributed by atoms with E-state index in [0.29, 0.717) is 5.76 Å². The Morgan fingerprint density at radius 2 is 2.00 bits per heavy atom. The zero-order valence-corrected chi connectivity index (χ0v) is 12.8. The quantitative estimate of drug-likeness (QED) is 0.885. The molecule has 114 valence electrons. The molecular weight excluding hydrogens is 270 g/mol. The van der Waals surface area contributed by atoms with E-state index in [1.54, 1.807) is 0 Å². The first-order valence-electron chi connectivity index (χ1n) is 6.90. The Labute approximate surface area is 123 Å². The first-order valence-corrected chi connectivity index (χ1v) is 6.90. The lowest BCUT2D eigenvalue weighted by atomic mass is 10.0. The van der Waals surface area contributed by atoms with Crippen molar-refractivity contribution >= 4 is 16.9 Å². The van der Waals surface area contributed by atoms with Crippen molar-refractivity contribution < 1.29 is 19.1 Å². The zero-order valence-electron chi connectivity index (χ0n) is 12.8. The van der Waals surface area contributed by atoms with E-state index >= 15 is 0 Å². The number of furan rings is 1. The van der Waals surface area contributed by atoms with Crippen LogP contribution in [-0.2, 0) is 4.74 Å². The topological polar surface area (TPSA) is 71.7 Å². The lowest BCUT2D eigenvalue weighted by Crippen LogP contribution is -2.34. The van der Waals surface area contributed by atoms with Gasteiger partial charge in [-0.25, -0.2) is 0 Å². The van der Waals surface area contributed by atoms with Crippen molar-refractivity contribution in [3.63, 3.8) is 0 Å². The smallest absolute Gasteiger partial charge is 0.287 e. The van der Waals surface area contributed by atoms with Crippen molar-refractivity contribution in [3.05, 3.63) is 34.6 Å². The minimum atomic E-state index is -0.730. The van der Waals surface area contributed by atoms with E-state index in [1.165, 1.54) is 7.11 Å². The van der Waals surface area contributed by atoms with Gasteiger partial charge < -0.3 is 19.6 Å². The van der Waals surface area contributed by atoms with E-state index in [4.69, 9.17) is 9.15 Å². The number of aliphatic hydroxyl groups is 1. The Morgan fingerprint density at radius 1 is 1.33 bits per heavy atom. The number of hydrogen-bond donors (Lipinski definition) is 2. The molecule has 0 aliphatic heterocycles. The van der Waals surface area contributed by atoms with Gasteiger partial charge in [-0.15, -0.1) is 0 Å². The Kier molecular flexibility index (Phi) is 4.65. The fraction of sp³-hybridized carbons (Fsp3) is 0.438. The highest BCUT2D eigenvalue weighted by Gasteiger charge is 2.20. The molecule has 5 nitrogen and oxygen atoms in total. The number of aliphatic hydroxyl groups excluding tert-OH is 1. The van der Waals surface area contributed by atoms with Crippen LogP contribution in [0.25, 0.3) is 11.0 Å². The van der Waals surface area contributed by atoms with Crippen LogP contribution < -0.4 is 5.32 Å². The summed E-state index contributed by atoms with van der Waals surface area (Å²) in [5.41, 5.74) is 3.65. The third kappa shape index (κ3) is 3.09. The number of carbonyl (C=O) groups excluding carboxylic acids is 1. The Morgan fingerprint density at radius 3 is 2.62 bits per heavy atom. The number of nitrogens with one attached hydrogen (secondary N) is 1. The molecule has 0 saturated carbocycles. The highest BCUT2D eigenvalue weighted by Crippen LogP contribution is 2.30. The van der Waals surface area contributed by atoms with Gasteiger partial charge in [0, 0.05) is 24.6 Å². The molecule has 2 rings (SSSR count). The van der Waals surface area contributed by atoms with Crippen LogP contribution in [0.5, 0.6) is 0 Å². The normalized spacial score (nSPS) is 12.6. The predicted molar refractivity (Wildman–Crippen MR) is 80.6 cm³/mol. The lowest BCUT2D eigenvalue weighted by molar-refractivity contribution is 0.0603. The molecule has 1 aromatic heterocycles. The number of methoxy groups -OCH3 is 1. The zero-order chi connectivity index (χ0) is 15.6. The van der Waals surface area contributed by atoms with Crippen LogP contribution in [-0.4, -0.2) is 37.4 Å². The van der Waals surface area contributed by atoms with Crippen molar-refractivity contribution in [1.29, 1.82) is 0 Å². The van der Waals surface area contributed by atoms with Gasteiger partial charge in [0.25, 0.3) is 5.91 Å². The standard InChI is InChI=1S/C16H21NO4/c1-9-5-6-10(2)14-13(9)11(3)15(21-14)16(19)17-7-12(18)8-20-4/h5-6,12,18H,7-8H2,1-4H3,(H,17,19). The second-order valence-corrected chi connectivity index (χ2v) is 5.28. The number of ether oxygens (including phenoxy) is 1. The van der Waals surface area contributed by atoms with Crippen LogP contribution in [0.15, 0.2) is 16.5 Å². The van der Waals surface area contributed by atoms with Gasteiger partial charge in [-0.1, -0.05) is 12.1 Å². The first kappa shape index (κ1) is 15.5. The minimum absolute atomic E-state index is 0.126. The van der Waals surface area contributed by atoms with Crippen LogP contribution in [0.2, 0.25) is 0 Å². The molecule has 1 aromatic carbocycles. The molecule has 1 heterocycles. The number of carbonyl (C=O) groups is 1. The Balaban J connectivity index is 2.26. The maximum atomic E-state index is 12.2. The molecule has 1 unspecified atom stereocenters. The molecule has 0 aliphatic carbocycles. The summed E-state index contributed by atoms with van der Waals surface area (Å²) in [7, 11) is 1.50. The first-order chi connectivity index (χ1) is 9.95. The molecule has 1 atom stereocenters. The molecular formula is C16H21NO4. The number of amides is 1. The second kappa shape index (κ2) is 6.28. The molecule has 2 aromatic rings. The summed E-state index contributed by atoms with van der Waals surface area (Å²) >= 11 is 0. The average Bonchev–Trinajstić information content (AvgIpc) is 2.80. The maximum absolute atomic E-state index is 12.2. The summed E-state index contributed by atoms with van der Waals surface area (Å²) in [5, 5.41) is 13.2. The summed E-state index contributed by atoms with van der Waals surface area (Å²) in [5.74, 6) is -0.0235. The molecule has 0 saturated heterocycles. The number of aryl methyl sites for hydroxylation is 3. The van der Waals surface area contributed by atoms with Crippen molar-refractivity contribution in [2.24, 2.45) is 0 Å². The molecule has 0 radical (unpaired) electrons. The molecule has 0 spiro atoms. The monoisotopic (exact) mass is 291 g/mol. The average molecular weight is 291 g/mol. The van der Waals surface area contributed by atoms with E-state index in [2.05, 4.69) is 5.32 Å². The van der Waals surface area contributed by atoms with Crippen LogP contribution in [0.1, 0.15) is 27.2 Å². The largest absolute Gasteiger partial charge is 0.450 e. The summed E-state index contributed by atoms with van der Waals surface area (Å²) in [6.45, 7) is 6.13. The van der Waals surface area contributed by atoms with Crippen LogP contribution in [0, 0.1) is 20.8 Å². The van der Waals surface area contributed by atoms with E-state index in [1.807, 2.05) is 32.9 Å². The van der Waals surface area contributed by atoms with Crippen molar-refractivity contribution in [2.75, 3.05) is 20.3 Å². The fourth-order valence-corrected chi connectivity index (χ4v) is 2.43. The van der Waals surface area contributed by atoms with E-state index in [9.17, 15) is 9.90 Å². The number of rotatable bonds is 5. The van der Waals surface area contributed by atoms with E-state index < -0.39 is 6.10 Å². The SMILES string of the molecule is COCC(O)CNC(=O)c1oc2c(C)ccc(C)c2c1C. The van der Waals surface area contributed by atoms with Gasteiger partial charge in [0.2, 0.25) is 0 Å². The van der Waals surface area contributed by atoms with E-state index in [0.717, 1.165) is 27.7 Å². The number of fused-ring (bicyclic) bond motifs is 1. The van der Waals surface area contributed by atoms with Gasteiger partial charge in [-0.2, -0.15) is 0 Å². The van der Waals surface area contributed by atoms with Crippen molar-refractivity contribution in [2.45, 2.75) is 26.9 Å². The fourth-order valence-electron chi connectivity index (χ4n) is 2.43. The van der Waals surface area contributed by atoms with Crippen LogP contribution in [0.3, 0.4) is 0 Å². The third-order valence-corrected chi connectivity index (χ3v) is 3.55. The minimum Gasteiger partial charge on any atom is -0.450 e. The van der Waals surface area contributed by atoms with Gasteiger partial charge in [-0.3, -0.25) is 4.79 Å². The van der Waals surface area contributed by atoms with Crippen molar-refractivity contribution in [3.8, 4) is 0 Å².